The third kappa shape index (κ3) is 3.49. The minimum absolute atomic E-state index is 0.0819. The van der Waals surface area contributed by atoms with Crippen LogP contribution in [-0.4, -0.2) is 26.1 Å². The zero-order valence-electron chi connectivity index (χ0n) is 15.8. The van der Waals surface area contributed by atoms with Gasteiger partial charge in [0, 0.05) is 29.5 Å². The second kappa shape index (κ2) is 7.60. The number of hydrogen-bond donors (Lipinski definition) is 2. The maximum Gasteiger partial charge on any atom is 0.252 e. The lowest BCUT2D eigenvalue weighted by atomic mass is 10.0. The number of carbonyl (C=O) groups is 1. The molecule has 140 valence electrons. The van der Waals surface area contributed by atoms with Crippen molar-refractivity contribution < 1.29 is 4.79 Å². The largest absolute Gasteiger partial charge is 0.345 e. The molecule has 1 amide bonds. The van der Waals surface area contributed by atoms with Crippen LogP contribution in [0, 0.1) is 6.92 Å². The number of amides is 1. The number of pyridine rings is 2. The Bertz CT molecular complexity index is 1110. The lowest BCUT2D eigenvalue weighted by molar-refractivity contribution is 0.0937. The van der Waals surface area contributed by atoms with Crippen LogP contribution in [0.25, 0.3) is 22.2 Å². The van der Waals surface area contributed by atoms with Gasteiger partial charge in [0.2, 0.25) is 0 Å². The van der Waals surface area contributed by atoms with Crippen molar-refractivity contribution >= 4 is 16.8 Å². The van der Waals surface area contributed by atoms with Crippen LogP contribution < -0.4 is 5.32 Å². The van der Waals surface area contributed by atoms with Crippen LogP contribution in [0.2, 0.25) is 0 Å². The Labute approximate surface area is 163 Å². The van der Waals surface area contributed by atoms with E-state index in [9.17, 15) is 4.79 Å². The summed E-state index contributed by atoms with van der Waals surface area (Å²) >= 11 is 0. The highest BCUT2D eigenvalue weighted by Crippen LogP contribution is 2.26. The topological polar surface area (TPSA) is 83.6 Å². The Kier molecular flexibility index (Phi) is 4.85. The summed E-state index contributed by atoms with van der Waals surface area (Å²) in [6.45, 7) is 4.07. The van der Waals surface area contributed by atoms with Crippen LogP contribution in [0.4, 0.5) is 0 Å². The van der Waals surface area contributed by atoms with Crippen molar-refractivity contribution in [1.29, 1.82) is 0 Å². The average molecular weight is 371 g/mol. The molecule has 6 heteroatoms. The molecule has 4 rings (SSSR count). The van der Waals surface area contributed by atoms with E-state index in [1.165, 1.54) is 0 Å². The number of H-pyrrole nitrogens is 1. The molecule has 6 nitrogen and oxygen atoms in total. The Morgan fingerprint density at radius 1 is 1.18 bits per heavy atom. The normalized spacial score (nSPS) is 12.1. The standard InChI is InChI=1S/C22H21N5O/c1-3-19(15-6-8-23-9-7-15)27-22(28)18-11-20(16-12-24-25-13-16)26-21-10-14(2)4-5-17(18)21/h4-13,19H,3H2,1-2H3,(H,24,25)(H,27,28)/t19-/m1/s1. The van der Waals surface area contributed by atoms with Crippen LogP contribution in [0.3, 0.4) is 0 Å². The van der Waals surface area contributed by atoms with E-state index in [4.69, 9.17) is 4.98 Å². The highest BCUT2D eigenvalue weighted by Gasteiger charge is 2.18. The van der Waals surface area contributed by atoms with Crippen molar-refractivity contribution in [3.05, 3.63) is 77.9 Å². The summed E-state index contributed by atoms with van der Waals surface area (Å²) in [5.41, 5.74) is 5.09. The Hall–Kier alpha value is -3.54. The van der Waals surface area contributed by atoms with Gasteiger partial charge in [0.15, 0.2) is 0 Å². The number of fused-ring (bicyclic) bond motifs is 1. The van der Waals surface area contributed by atoms with Crippen LogP contribution in [0.15, 0.2) is 61.2 Å². The summed E-state index contributed by atoms with van der Waals surface area (Å²) in [5.74, 6) is -0.121. The predicted octanol–water partition coefficient (Wildman–Crippen LogP) is 4.21. The second-order valence-electron chi connectivity index (χ2n) is 6.78. The zero-order valence-corrected chi connectivity index (χ0v) is 15.8. The summed E-state index contributed by atoms with van der Waals surface area (Å²) in [5, 5.41) is 10.8. The van der Waals surface area contributed by atoms with Gasteiger partial charge in [-0.05, 0) is 48.7 Å². The molecular formula is C22H21N5O. The van der Waals surface area contributed by atoms with E-state index >= 15 is 0 Å². The van der Waals surface area contributed by atoms with Gasteiger partial charge in [0.25, 0.3) is 5.91 Å². The number of nitrogens with zero attached hydrogens (tertiary/aromatic N) is 3. The first kappa shape index (κ1) is 17.9. The summed E-state index contributed by atoms with van der Waals surface area (Å²) in [7, 11) is 0. The number of rotatable bonds is 5. The van der Waals surface area contributed by atoms with Gasteiger partial charge in [-0.2, -0.15) is 5.10 Å². The van der Waals surface area contributed by atoms with Crippen LogP contribution in [0.5, 0.6) is 0 Å². The van der Waals surface area contributed by atoms with E-state index in [1.54, 1.807) is 24.8 Å². The molecule has 3 heterocycles. The van der Waals surface area contributed by atoms with Gasteiger partial charge in [-0.25, -0.2) is 4.98 Å². The Balaban J connectivity index is 1.77. The molecule has 0 aliphatic rings. The monoisotopic (exact) mass is 371 g/mol. The lowest BCUT2D eigenvalue weighted by Gasteiger charge is -2.18. The van der Waals surface area contributed by atoms with Gasteiger partial charge in [-0.1, -0.05) is 19.1 Å². The summed E-state index contributed by atoms with van der Waals surface area (Å²) in [4.78, 5) is 22.0. The minimum Gasteiger partial charge on any atom is -0.345 e. The van der Waals surface area contributed by atoms with Crippen molar-refractivity contribution in [3.63, 3.8) is 0 Å². The summed E-state index contributed by atoms with van der Waals surface area (Å²) in [6, 6.07) is 11.6. The van der Waals surface area contributed by atoms with Gasteiger partial charge >= 0.3 is 0 Å². The molecule has 3 aromatic heterocycles. The molecule has 0 aliphatic heterocycles. The fourth-order valence-electron chi connectivity index (χ4n) is 3.32. The third-order valence-corrected chi connectivity index (χ3v) is 4.83. The fraction of sp³-hybridized carbons (Fsp3) is 0.182. The highest BCUT2D eigenvalue weighted by molar-refractivity contribution is 6.07. The molecule has 4 aromatic rings. The number of carbonyl (C=O) groups excluding carboxylic acids is 1. The molecule has 2 N–H and O–H groups in total. The van der Waals surface area contributed by atoms with Gasteiger partial charge in [-0.15, -0.1) is 0 Å². The second-order valence-corrected chi connectivity index (χ2v) is 6.78. The molecule has 1 aromatic carbocycles. The van der Waals surface area contributed by atoms with E-state index < -0.39 is 0 Å². The maximum absolute atomic E-state index is 13.2. The Morgan fingerprint density at radius 3 is 2.71 bits per heavy atom. The van der Waals surface area contributed by atoms with Crippen molar-refractivity contribution in [1.82, 2.24) is 25.5 Å². The van der Waals surface area contributed by atoms with Crippen LogP contribution in [-0.2, 0) is 0 Å². The number of aromatic amines is 1. The van der Waals surface area contributed by atoms with Crippen molar-refractivity contribution in [2.75, 3.05) is 0 Å². The fourth-order valence-corrected chi connectivity index (χ4v) is 3.32. The maximum atomic E-state index is 13.2. The van der Waals surface area contributed by atoms with Gasteiger partial charge < -0.3 is 5.32 Å². The van der Waals surface area contributed by atoms with E-state index in [2.05, 4.69) is 27.4 Å². The first-order valence-electron chi connectivity index (χ1n) is 9.27. The third-order valence-electron chi connectivity index (χ3n) is 4.83. The molecule has 0 fully saturated rings. The number of hydrogen-bond acceptors (Lipinski definition) is 4. The Morgan fingerprint density at radius 2 is 2.00 bits per heavy atom. The quantitative estimate of drug-likeness (QED) is 0.550. The van der Waals surface area contributed by atoms with Gasteiger partial charge in [0.1, 0.15) is 0 Å². The highest BCUT2D eigenvalue weighted by atomic mass is 16.1. The molecule has 0 aliphatic carbocycles. The molecular weight excluding hydrogens is 350 g/mol. The molecule has 0 unspecified atom stereocenters. The van der Waals surface area contributed by atoms with Crippen molar-refractivity contribution in [2.45, 2.75) is 26.3 Å². The van der Waals surface area contributed by atoms with Gasteiger partial charge in [-0.3, -0.25) is 14.9 Å². The zero-order chi connectivity index (χ0) is 19.5. The molecule has 0 bridgehead atoms. The summed E-state index contributed by atoms with van der Waals surface area (Å²) < 4.78 is 0. The van der Waals surface area contributed by atoms with Crippen molar-refractivity contribution in [3.8, 4) is 11.3 Å². The number of aryl methyl sites for hydroxylation is 1. The van der Waals surface area contributed by atoms with Gasteiger partial charge in [0.05, 0.1) is 29.0 Å². The molecule has 0 saturated carbocycles. The number of aromatic nitrogens is 4. The molecule has 0 radical (unpaired) electrons. The molecule has 1 atom stereocenters. The molecule has 28 heavy (non-hydrogen) atoms. The lowest BCUT2D eigenvalue weighted by Crippen LogP contribution is -2.28. The first-order chi connectivity index (χ1) is 13.7. The van der Waals surface area contributed by atoms with Crippen LogP contribution >= 0.6 is 0 Å². The van der Waals surface area contributed by atoms with Crippen LogP contribution in [0.1, 0.15) is 40.9 Å². The molecule has 0 saturated heterocycles. The van der Waals surface area contributed by atoms with E-state index in [0.717, 1.165) is 34.0 Å². The smallest absolute Gasteiger partial charge is 0.252 e. The number of nitrogens with one attached hydrogen (secondary N) is 2. The predicted molar refractivity (Wildman–Crippen MR) is 109 cm³/mol. The van der Waals surface area contributed by atoms with E-state index in [0.29, 0.717) is 11.3 Å². The summed E-state index contributed by atoms with van der Waals surface area (Å²) in [6.07, 6.45) is 7.75. The average Bonchev–Trinajstić information content (AvgIpc) is 3.26. The SMILES string of the molecule is CC[C@@H](NC(=O)c1cc(-c2cn[nH]c2)nc2cc(C)ccc12)c1ccncc1. The molecule has 0 spiro atoms. The van der Waals surface area contributed by atoms with E-state index in [1.807, 2.05) is 43.3 Å². The van der Waals surface area contributed by atoms with E-state index in [-0.39, 0.29) is 11.9 Å². The number of benzene rings is 1. The minimum atomic E-state index is -0.121. The van der Waals surface area contributed by atoms with Crippen molar-refractivity contribution in [2.24, 2.45) is 0 Å². The first-order valence-corrected chi connectivity index (χ1v) is 9.27.